The summed E-state index contributed by atoms with van der Waals surface area (Å²) in [7, 11) is -2.13. The number of hydrogen-bond donors (Lipinski definition) is 5. The SMILES string of the molecule is COc1cc(Nc2cc(Oc3ccc(NC(=O)Nc4cc(NS(C)(=O)=O)cc(C(C)(C)C)c4)c4ccccc34)ccn2)ccc1C(=O)O. The van der Waals surface area contributed by atoms with E-state index >= 15 is 0 Å². The van der Waals surface area contributed by atoms with Gasteiger partial charge in [-0.15, -0.1) is 0 Å². The number of anilines is 5. The second-order valence-corrected chi connectivity index (χ2v) is 13.7. The number of methoxy groups -OCH3 is 1. The molecule has 0 aliphatic carbocycles. The number of carboxylic acids is 1. The Balaban J connectivity index is 1.35. The first-order chi connectivity index (χ1) is 22.7. The summed E-state index contributed by atoms with van der Waals surface area (Å²) in [5.74, 6) is 0.603. The van der Waals surface area contributed by atoms with Gasteiger partial charge in [0.25, 0.3) is 0 Å². The van der Waals surface area contributed by atoms with Gasteiger partial charge in [0.15, 0.2) is 0 Å². The fourth-order valence-electron chi connectivity index (χ4n) is 4.92. The van der Waals surface area contributed by atoms with Gasteiger partial charge in [0.1, 0.15) is 28.6 Å². The summed E-state index contributed by atoms with van der Waals surface area (Å²) in [6.45, 7) is 5.98. The van der Waals surface area contributed by atoms with E-state index in [1.54, 1.807) is 54.7 Å². The smallest absolute Gasteiger partial charge is 0.339 e. The van der Waals surface area contributed by atoms with Gasteiger partial charge in [0.2, 0.25) is 10.0 Å². The number of fused-ring (bicyclic) bond motifs is 1. The molecule has 0 unspecified atom stereocenters. The second kappa shape index (κ2) is 13.5. The maximum Gasteiger partial charge on any atom is 0.339 e. The van der Waals surface area contributed by atoms with Gasteiger partial charge < -0.3 is 30.5 Å². The normalized spacial score (nSPS) is 11.4. The Hall–Kier alpha value is -5.82. The third kappa shape index (κ3) is 8.30. The van der Waals surface area contributed by atoms with Crippen LogP contribution in [0.15, 0.2) is 91.1 Å². The molecule has 48 heavy (non-hydrogen) atoms. The van der Waals surface area contributed by atoms with Crippen molar-refractivity contribution in [1.29, 1.82) is 0 Å². The lowest BCUT2D eigenvalue weighted by atomic mass is 9.86. The Morgan fingerprint density at radius 2 is 1.54 bits per heavy atom. The minimum Gasteiger partial charge on any atom is -0.496 e. The standard InChI is InChI=1S/C35H35N5O7S/c1-35(2,3)21-16-23(18-24(17-21)40-48(5,44)45)38-34(43)39-29-12-13-30(27-9-7-6-8-26(27)29)47-25-14-15-36-32(20-25)37-22-10-11-28(33(41)42)31(19-22)46-4/h6-20,40H,1-5H3,(H,36,37)(H,41,42)(H2,38,39,43). The number of sulfonamides is 1. The molecule has 248 valence electrons. The average molecular weight is 670 g/mol. The summed E-state index contributed by atoms with van der Waals surface area (Å²) in [5.41, 5.74) is 2.46. The second-order valence-electron chi connectivity index (χ2n) is 12.0. The first kappa shape index (κ1) is 33.5. The van der Waals surface area contributed by atoms with E-state index in [1.807, 2.05) is 51.1 Å². The molecule has 4 aromatic carbocycles. The number of ether oxygens (including phenoxy) is 2. The van der Waals surface area contributed by atoms with Crippen molar-refractivity contribution in [2.45, 2.75) is 26.2 Å². The number of carbonyl (C=O) groups excluding carboxylic acids is 1. The maximum absolute atomic E-state index is 13.2. The first-order valence-corrected chi connectivity index (χ1v) is 16.6. The van der Waals surface area contributed by atoms with E-state index in [0.717, 1.165) is 22.6 Å². The van der Waals surface area contributed by atoms with Gasteiger partial charge in [-0.05, 0) is 59.5 Å². The van der Waals surface area contributed by atoms with Crippen molar-refractivity contribution in [1.82, 2.24) is 4.98 Å². The molecule has 5 N–H and O–H groups in total. The molecule has 12 nitrogen and oxygen atoms in total. The minimum atomic E-state index is -3.53. The molecule has 0 atom stereocenters. The first-order valence-electron chi connectivity index (χ1n) is 14.7. The summed E-state index contributed by atoms with van der Waals surface area (Å²) >= 11 is 0. The fourth-order valence-corrected chi connectivity index (χ4v) is 5.47. The van der Waals surface area contributed by atoms with Gasteiger partial charge in [0, 0.05) is 40.5 Å². The zero-order valence-corrected chi connectivity index (χ0v) is 27.7. The zero-order valence-electron chi connectivity index (χ0n) is 26.9. The number of hydrogen-bond acceptors (Lipinski definition) is 8. The van der Waals surface area contributed by atoms with Gasteiger partial charge in [-0.25, -0.2) is 23.0 Å². The number of carboxylic acid groups (broad SMARTS) is 1. The van der Waals surface area contributed by atoms with Crippen LogP contribution in [0.25, 0.3) is 10.8 Å². The lowest BCUT2D eigenvalue weighted by molar-refractivity contribution is 0.0693. The molecule has 13 heteroatoms. The molecule has 0 saturated heterocycles. The predicted molar refractivity (Wildman–Crippen MR) is 188 cm³/mol. The van der Waals surface area contributed by atoms with Gasteiger partial charge in [-0.3, -0.25) is 4.72 Å². The van der Waals surface area contributed by atoms with Crippen LogP contribution >= 0.6 is 0 Å². The maximum atomic E-state index is 13.2. The number of nitrogens with one attached hydrogen (secondary N) is 4. The highest BCUT2D eigenvalue weighted by Gasteiger charge is 2.18. The van der Waals surface area contributed by atoms with Gasteiger partial charge in [0.05, 0.1) is 24.7 Å². The summed E-state index contributed by atoms with van der Waals surface area (Å²) in [5, 5.41) is 19.7. The summed E-state index contributed by atoms with van der Waals surface area (Å²) < 4.78 is 37.7. The molecule has 0 radical (unpaired) electrons. The van der Waals surface area contributed by atoms with Crippen LogP contribution in [0.2, 0.25) is 0 Å². The topological polar surface area (TPSA) is 168 Å². The molecule has 0 aliphatic rings. The minimum absolute atomic E-state index is 0.0427. The van der Waals surface area contributed by atoms with Crippen molar-refractivity contribution in [3.63, 3.8) is 0 Å². The number of benzene rings is 4. The molecular weight excluding hydrogens is 634 g/mol. The molecule has 0 aliphatic heterocycles. The zero-order chi connectivity index (χ0) is 34.6. The molecule has 2 amide bonds. The quantitative estimate of drug-likeness (QED) is 0.0997. The van der Waals surface area contributed by atoms with Gasteiger partial charge in [-0.1, -0.05) is 45.0 Å². The van der Waals surface area contributed by atoms with E-state index in [2.05, 4.69) is 25.7 Å². The summed E-state index contributed by atoms with van der Waals surface area (Å²) in [4.78, 5) is 29.0. The highest BCUT2D eigenvalue weighted by atomic mass is 32.2. The van der Waals surface area contributed by atoms with Crippen molar-refractivity contribution in [2.24, 2.45) is 0 Å². The molecule has 0 bridgehead atoms. The Kier molecular flexibility index (Phi) is 9.43. The van der Waals surface area contributed by atoms with Crippen LogP contribution in [0.1, 0.15) is 36.7 Å². The Morgan fingerprint density at radius 3 is 2.23 bits per heavy atom. The van der Waals surface area contributed by atoms with E-state index < -0.39 is 22.0 Å². The monoisotopic (exact) mass is 669 g/mol. The number of urea groups is 1. The fraction of sp³-hybridized carbons (Fsp3) is 0.171. The van der Waals surface area contributed by atoms with Crippen LogP contribution in [0.3, 0.4) is 0 Å². The molecule has 1 heterocycles. The third-order valence-corrected chi connectivity index (χ3v) is 7.76. The Labute approximate surface area is 278 Å². The molecule has 5 aromatic rings. The van der Waals surface area contributed by atoms with Crippen LogP contribution in [0, 0.1) is 0 Å². The lowest BCUT2D eigenvalue weighted by Crippen LogP contribution is -2.21. The Bertz CT molecular complexity index is 2130. The summed E-state index contributed by atoms with van der Waals surface area (Å²) in [6.07, 6.45) is 2.65. The molecule has 0 saturated carbocycles. The number of aromatic nitrogens is 1. The van der Waals surface area contributed by atoms with Gasteiger partial charge >= 0.3 is 12.0 Å². The van der Waals surface area contributed by atoms with Crippen LogP contribution < -0.4 is 30.1 Å². The third-order valence-electron chi connectivity index (χ3n) is 7.16. The molecular formula is C35H35N5O7S. The van der Waals surface area contributed by atoms with E-state index in [1.165, 1.54) is 13.2 Å². The van der Waals surface area contributed by atoms with Crippen molar-refractivity contribution in [2.75, 3.05) is 34.0 Å². The average Bonchev–Trinajstić information content (AvgIpc) is 3.01. The molecule has 0 fully saturated rings. The van der Waals surface area contributed by atoms with E-state index in [9.17, 15) is 23.1 Å². The Morgan fingerprint density at radius 1 is 0.812 bits per heavy atom. The highest BCUT2D eigenvalue weighted by Crippen LogP contribution is 2.36. The van der Waals surface area contributed by atoms with E-state index in [-0.39, 0.29) is 16.7 Å². The number of nitrogens with zero attached hydrogens (tertiary/aromatic N) is 1. The number of rotatable bonds is 10. The molecule has 1 aromatic heterocycles. The number of amides is 2. The molecule has 5 rings (SSSR count). The van der Waals surface area contributed by atoms with Crippen molar-refractivity contribution >= 4 is 61.4 Å². The predicted octanol–water partition coefficient (Wildman–Crippen LogP) is 7.79. The molecule has 0 spiro atoms. The number of carbonyl (C=O) groups is 2. The largest absolute Gasteiger partial charge is 0.496 e. The van der Waals surface area contributed by atoms with Crippen LogP contribution in [-0.4, -0.2) is 43.9 Å². The van der Waals surface area contributed by atoms with Crippen LogP contribution in [0.4, 0.5) is 33.4 Å². The number of aromatic carboxylic acids is 1. The van der Waals surface area contributed by atoms with E-state index in [0.29, 0.717) is 40.1 Å². The van der Waals surface area contributed by atoms with Crippen molar-refractivity contribution < 1.29 is 32.6 Å². The van der Waals surface area contributed by atoms with Crippen molar-refractivity contribution in [3.05, 3.63) is 102 Å². The van der Waals surface area contributed by atoms with Gasteiger partial charge in [-0.2, -0.15) is 0 Å². The van der Waals surface area contributed by atoms with E-state index in [4.69, 9.17) is 9.47 Å². The highest BCUT2D eigenvalue weighted by molar-refractivity contribution is 7.92. The summed E-state index contributed by atoms with van der Waals surface area (Å²) in [6, 6.07) is 23.6. The van der Waals surface area contributed by atoms with Crippen molar-refractivity contribution in [3.8, 4) is 17.2 Å². The number of pyridine rings is 1. The van der Waals surface area contributed by atoms with Crippen LogP contribution in [-0.2, 0) is 15.4 Å². The lowest BCUT2D eigenvalue weighted by Gasteiger charge is -2.22. The van der Waals surface area contributed by atoms with Crippen LogP contribution in [0.5, 0.6) is 17.2 Å².